The van der Waals surface area contributed by atoms with Gasteiger partial charge in [0.05, 0.1) is 5.56 Å². The first kappa shape index (κ1) is 18.2. The summed E-state index contributed by atoms with van der Waals surface area (Å²) in [5.41, 5.74) is 3.18. The standard InChI is InChI=1S/C20H23FN2O3/c1-11-5-6-15(10-18(11)21)22-19(24)14(4)26-20(25)17-9-12(2)23(13(17)3)16-7-8-16/h5-6,9-10,14,16H,7-8H2,1-4H3,(H,22,24)/t14-/m0/s1. The van der Waals surface area contributed by atoms with E-state index in [0.717, 1.165) is 24.2 Å². The predicted molar refractivity (Wildman–Crippen MR) is 96.8 cm³/mol. The van der Waals surface area contributed by atoms with E-state index in [1.165, 1.54) is 13.0 Å². The Morgan fingerprint density at radius 2 is 1.92 bits per heavy atom. The van der Waals surface area contributed by atoms with Crippen molar-refractivity contribution in [3.8, 4) is 0 Å². The fourth-order valence-corrected chi connectivity index (χ4v) is 3.07. The van der Waals surface area contributed by atoms with E-state index in [2.05, 4.69) is 9.88 Å². The zero-order chi connectivity index (χ0) is 19.0. The molecule has 0 spiro atoms. The van der Waals surface area contributed by atoms with Gasteiger partial charge >= 0.3 is 5.97 Å². The Labute approximate surface area is 152 Å². The molecule has 138 valence electrons. The van der Waals surface area contributed by atoms with Crippen molar-refractivity contribution in [2.24, 2.45) is 0 Å². The van der Waals surface area contributed by atoms with Gasteiger partial charge in [0.25, 0.3) is 5.91 Å². The van der Waals surface area contributed by atoms with Gasteiger partial charge in [-0.05, 0) is 64.3 Å². The average molecular weight is 358 g/mol. The smallest absolute Gasteiger partial charge is 0.340 e. The number of carbonyl (C=O) groups is 2. The first-order valence-electron chi connectivity index (χ1n) is 8.74. The van der Waals surface area contributed by atoms with Gasteiger partial charge in [-0.15, -0.1) is 0 Å². The van der Waals surface area contributed by atoms with Crippen LogP contribution in [-0.2, 0) is 9.53 Å². The highest BCUT2D eigenvalue weighted by atomic mass is 19.1. The van der Waals surface area contributed by atoms with E-state index < -0.39 is 23.8 Å². The number of rotatable bonds is 5. The third-order valence-electron chi connectivity index (χ3n) is 4.71. The number of nitrogens with one attached hydrogen (secondary N) is 1. The van der Waals surface area contributed by atoms with Gasteiger partial charge < -0.3 is 14.6 Å². The minimum Gasteiger partial charge on any atom is -0.449 e. The summed E-state index contributed by atoms with van der Waals surface area (Å²) in [5.74, 6) is -1.43. The van der Waals surface area contributed by atoms with Gasteiger partial charge in [0.1, 0.15) is 5.82 Å². The normalized spacial score (nSPS) is 14.8. The third-order valence-corrected chi connectivity index (χ3v) is 4.71. The highest BCUT2D eigenvalue weighted by Gasteiger charge is 2.29. The fourth-order valence-electron chi connectivity index (χ4n) is 3.07. The van der Waals surface area contributed by atoms with Crippen LogP contribution in [0.25, 0.3) is 0 Å². The molecule has 3 rings (SSSR count). The van der Waals surface area contributed by atoms with Crippen molar-refractivity contribution in [2.75, 3.05) is 5.32 Å². The number of esters is 1. The van der Waals surface area contributed by atoms with Crippen LogP contribution in [0.3, 0.4) is 0 Å². The summed E-state index contributed by atoms with van der Waals surface area (Å²) in [7, 11) is 0. The topological polar surface area (TPSA) is 60.3 Å². The van der Waals surface area contributed by atoms with Crippen LogP contribution in [0.1, 0.15) is 53.1 Å². The fraction of sp³-hybridized carbons (Fsp3) is 0.400. The Kier molecular flexibility index (Phi) is 4.85. The third kappa shape index (κ3) is 3.64. The van der Waals surface area contributed by atoms with Crippen molar-refractivity contribution >= 4 is 17.6 Å². The largest absolute Gasteiger partial charge is 0.449 e. The molecule has 0 radical (unpaired) electrons. The molecule has 1 heterocycles. The van der Waals surface area contributed by atoms with E-state index in [0.29, 0.717) is 22.9 Å². The molecule has 2 aromatic rings. The van der Waals surface area contributed by atoms with Crippen molar-refractivity contribution in [1.29, 1.82) is 0 Å². The Morgan fingerprint density at radius 1 is 1.23 bits per heavy atom. The molecule has 1 aromatic carbocycles. The Bertz CT molecular complexity index is 868. The van der Waals surface area contributed by atoms with Gasteiger partial charge in [0, 0.05) is 23.1 Å². The molecule has 0 bridgehead atoms. The van der Waals surface area contributed by atoms with Crippen LogP contribution >= 0.6 is 0 Å². The summed E-state index contributed by atoms with van der Waals surface area (Å²) < 4.78 is 21.0. The maximum Gasteiger partial charge on any atom is 0.340 e. The monoisotopic (exact) mass is 358 g/mol. The number of halogens is 1. The quantitative estimate of drug-likeness (QED) is 0.820. The number of aryl methyl sites for hydroxylation is 2. The summed E-state index contributed by atoms with van der Waals surface area (Å²) in [4.78, 5) is 24.7. The van der Waals surface area contributed by atoms with Crippen LogP contribution < -0.4 is 5.32 Å². The summed E-state index contributed by atoms with van der Waals surface area (Å²) in [6.45, 7) is 6.99. The van der Waals surface area contributed by atoms with E-state index >= 15 is 0 Å². The second-order valence-electron chi connectivity index (χ2n) is 6.89. The number of benzene rings is 1. The van der Waals surface area contributed by atoms with Gasteiger partial charge in [-0.25, -0.2) is 9.18 Å². The summed E-state index contributed by atoms with van der Waals surface area (Å²) in [6.07, 6.45) is 1.25. The molecule has 1 amide bonds. The minimum atomic E-state index is -0.990. The average Bonchev–Trinajstić information content (AvgIpc) is 3.36. The van der Waals surface area contributed by atoms with E-state index in [-0.39, 0.29) is 0 Å². The molecular formula is C20H23FN2O3. The first-order valence-corrected chi connectivity index (χ1v) is 8.74. The van der Waals surface area contributed by atoms with E-state index in [1.807, 2.05) is 13.8 Å². The minimum absolute atomic E-state index is 0.327. The predicted octanol–water partition coefficient (Wildman–Crippen LogP) is 4.07. The lowest BCUT2D eigenvalue weighted by molar-refractivity contribution is -0.123. The van der Waals surface area contributed by atoms with E-state index in [9.17, 15) is 14.0 Å². The number of anilines is 1. The maximum atomic E-state index is 13.6. The molecule has 5 nitrogen and oxygen atoms in total. The van der Waals surface area contributed by atoms with Gasteiger partial charge in [0.15, 0.2) is 6.10 Å². The van der Waals surface area contributed by atoms with Gasteiger partial charge in [-0.3, -0.25) is 4.79 Å². The van der Waals surface area contributed by atoms with E-state index in [1.54, 1.807) is 25.1 Å². The molecule has 1 saturated carbocycles. The number of ether oxygens (including phenoxy) is 1. The summed E-state index contributed by atoms with van der Waals surface area (Å²) >= 11 is 0. The van der Waals surface area contributed by atoms with E-state index in [4.69, 9.17) is 4.74 Å². The number of aromatic nitrogens is 1. The van der Waals surface area contributed by atoms with Gasteiger partial charge in [0.2, 0.25) is 0 Å². The number of hydrogen-bond acceptors (Lipinski definition) is 3. The lowest BCUT2D eigenvalue weighted by Gasteiger charge is -2.14. The molecule has 0 saturated heterocycles. The molecule has 1 N–H and O–H groups in total. The summed E-state index contributed by atoms with van der Waals surface area (Å²) in [6, 6.07) is 6.69. The van der Waals surface area contributed by atoms with Crippen molar-refractivity contribution in [2.45, 2.75) is 52.7 Å². The van der Waals surface area contributed by atoms with Crippen molar-refractivity contribution in [1.82, 2.24) is 4.57 Å². The van der Waals surface area contributed by atoms with Crippen LogP contribution in [0.2, 0.25) is 0 Å². The van der Waals surface area contributed by atoms with Crippen LogP contribution in [0.15, 0.2) is 24.3 Å². The molecule has 0 aliphatic heterocycles. The lowest BCUT2D eigenvalue weighted by Crippen LogP contribution is -2.30. The Hall–Kier alpha value is -2.63. The molecule has 26 heavy (non-hydrogen) atoms. The molecule has 1 aliphatic rings. The lowest BCUT2D eigenvalue weighted by atomic mass is 10.2. The number of carbonyl (C=O) groups excluding carboxylic acids is 2. The highest BCUT2D eigenvalue weighted by molar-refractivity contribution is 5.97. The second kappa shape index (κ2) is 6.94. The number of amides is 1. The van der Waals surface area contributed by atoms with Crippen LogP contribution in [0.5, 0.6) is 0 Å². The molecule has 1 aliphatic carbocycles. The van der Waals surface area contributed by atoms with Crippen LogP contribution in [0, 0.1) is 26.6 Å². The Balaban J connectivity index is 1.66. The van der Waals surface area contributed by atoms with Crippen molar-refractivity contribution in [3.63, 3.8) is 0 Å². The number of hydrogen-bond donors (Lipinski definition) is 1. The molecule has 6 heteroatoms. The maximum absolute atomic E-state index is 13.6. The molecular weight excluding hydrogens is 335 g/mol. The van der Waals surface area contributed by atoms with Crippen LogP contribution in [0.4, 0.5) is 10.1 Å². The second-order valence-corrected chi connectivity index (χ2v) is 6.89. The molecule has 1 aromatic heterocycles. The molecule has 1 fully saturated rings. The zero-order valence-electron chi connectivity index (χ0n) is 15.4. The summed E-state index contributed by atoms with van der Waals surface area (Å²) in [5, 5.41) is 2.56. The zero-order valence-corrected chi connectivity index (χ0v) is 15.4. The molecule has 1 atom stereocenters. The molecule has 0 unspecified atom stereocenters. The van der Waals surface area contributed by atoms with Gasteiger partial charge in [-0.1, -0.05) is 6.07 Å². The van der Waals surface area contributed by atoms with Gasteiger partial charge in [-0.2, -0.15) is 0 Å². The SMILES string of the molecule is Cc1ccc(NC(=O)[C@H](C)OC(=O)c2cc(C)n(C3CC3)c2C)cc1F. The first-order chi connectivity index (χ1) is 12.3. The van der Waals surface area contributed by atoms with Crippen LogP contribution in [-0.4, -0.2) is 22.5 Å². The number of nitrogens with zero attached hydrogens (tertiary/aromatic N) is 1. The van der Waals surface area contributed by atoms with Crippen molar-refractivity contribution < 1.29 is 18.7 Å². The Morgan fingerprint density at radius 3 is 2.54 bits per heavy atom. The highest BCUT2D eigenvalue weighted by Crippen LogP contribution is 2.38. The van der Waals surface area contributed by atoms with Crippen molar-refractivity contribution in [3.05, 3.63) is 52.6 Å².